The molecular weight excluding hydrogens is 144 g/mol. The van der Waals surface area contributed by atoms with Crippen molar-refractivity contribution in [2.75, 3.05) is 11.5 Å². The topological polar surface area (TPSA) is 0 Å². The average Bonchev–Trinajstić information content (AvgIpc) is 1.38. The summed E-state index contributed by atoms with van der Waals surface area (Å²) in [4.78, 5) is 0. The molecule has 0 fully saturated rings. The van der Waals surface area contributed by atoms with Crippen LogP contribution in [-0.4, -0.2) is 11.5 Å². The van der Waals surface area contributed by atoms with Crippen LogP contribution in [0.1, 0.15) is 0 Å². The molecule has 0 aliphatic carbocycles. The van der Waals surface area contributed by atoms with E-state index in [0.29, 0.717) is 8.77 Å². The average molecular weight is 149 g/mol. The van der Waals surface area contributed by atoms with Gasteiger partial charge < -0.3 is 0 Å². The molecular formula is C2H5ClCrS. The molecule has 0 bridgehead atoms. The van der Waals surface area contributed by atoms with Crippen LogP contribution in [0.15, 0.2) is 0 Å². The van der Waals surface area contributed by atoms with Crippen molar-refractivity contribution < 1.29 is 14.6 Å². The Morgan fingerprint density at radius 1 is 2.00 bits per heavy atom. The van der Waals surface area contributed by atoms with Gasteiger partial charge in [-0.15, -0.1) is 0 Å². The van der Waals surface area contributed by atoms with E-state index < -0.39 is 0 Å². The summed E-state index contributed by atoms with van der Waals surface area (Å²) in [6, 6.07) is 0. The molecule has 0 spiro atoms. The van der Waals surface area contributed by atoms with E-state index in [0.717, 1.165) is 5.21 Å². The molecule has 0 radical (unpaired) electrons. The fraction of sp³-hybridized carbons (Fsp3) is 1.00. The van der Waals surface area contributed by atoms with Gasteiger partial charge in [0.15, 0.2) is 0 Å². The molecule has 0 aromatic carbocycles. The summed E-state index contributed by atoms with van der Waals surface area (Å²) in [6.07, 6.45) is 2.06. The van der Waals surface area contributed by atoms with Crippen LogP contribution < -0.4 is 0 Å². The normalized spacial score (nSPS) is 14.8. The predicted octanol–water partition coefficient (Wildman–Crippen LogP) is 1.54. The van der Waals surface area contributed by atoms with E-state index >= 15 is 0 Å². The molecule has 0 saturated carbocycles. The predicted molar refractivity (Wildman–Crippen MR) is 24.2 cm³/mol. The zero-order valence-corrected chi connectivity index (χ0v) is 5.75. The quantitative estimate of drug-likeness (QED) is 0.495. The molecule has 0 N–H and O–H groups in total. The molecule has 0 aliphatic heterocycles. The molecule has 3 heteroatoms. The first-order valence-electron chi connectivity index (χ1n) is 1.13. The third kappa shape index (κ3) is 5.17. The second-order valence-corrected chi connectivity index (χ2v) is 5.37. The molecule has 0 aromatic rings. The summed E-state index contributed by atoms with van der Waals surface area (Å²) in [7, 11) is 0.318. The third-order valence-electron chi connectivity index (χ3n) is 0.154. The van der Waals surface area contributed by atoms with Crippen molar-refractivity contribution in [1.29, 1.82) is 0 Å². The van der Waals surface area contributed by atoms with Crippen LogP contribution >= 0.6 is 20.4 Å². The number of halogens is 1. The van der Waals surface area contributed by atoms with Gasteiger partial charge in [-0.05, 0) is 0 Å². The second-order valence-electron chi connectivity index (χ2n) is 0.682. The number of alkyl halides is 1. The van der Waals surface area contributed by atoms with Crippen molar-refractivity contribution in [3.05, 3.63) is 0 Å². The van der Waals surface area contributed by atoms with Crippen molar-refractivity contribution >= 4 is 20.4 Å². The van der Waals surface area contributed by atoms with Crippen LogP contribution in [-0.2, 0) is 14.6 Å². The molecule has 0 rings (SSSR count). The van der Waals surface area contributed by atoms with Crippen molar-refractivity contribution in [2.45, 2.75) is 0 Å². The second kappa shape index (κ2) is 3.37. The van der Waals surface area contributed by atoms with Crippen molar-refractivity contribution in [3.63, 3.8) is 0 Å². The van der Waals surface area contributed by atoms with E-state index in [4.69, 9.17) is 11.6 Å². The first-order valence-corrected chi connectivity index (χ1v) is 4.95. The van der Waals surface area contributed by atoms with Gasteiger partial charge in [0.25, 0.3) is 0 Å². The number of hydrogen-bond acceptors (Lipinski definition) is 0. The van der Waals surface area contributed by atoms with E-state index in [-0.39, 0.29) is 0 Å². The molecule has 1 unspecified atom stereocenters. The standard InChI is InChI=1S/C2H5ClS.Cr/c1-4-2-3;/h2H2,1H3;. The van der Waals surface area contributed by atoms with Crippen LogP contribution in [0.25, 0.3) is 0 Å². The van der Waals surface area contributed by atoms with Gasteiger partial charge in [0, 0.05) is 0 Å². The molecule has 0 heterocycles. The van der Waals surface area contributed by atoms with Gasteiger partial charge in [-0.3, -0.25) is 0 Å². The van der Waals surface area contributed by atoms with Gasteiger partial charge >= 0.3 is 46.5 Å². The summed E-state index contributed by atoms with van der Waals surface area (Å²) in [5.41, 5.74) is 0. The molecule has 0 nitrogen and oxygen atoms in total. The molecule has 5 heavy (non-hydrogen) atoms. The van der Waals surface area contributed by atoms with E-state index in [1.807, 2.05) is 0 Å². The first-order chi connectivity index (χ1) is 2.27. The Kier molecular flexibility index (Phi) is 4.16. The number of hydrogen-bond donors (Lipinski definition) is 0. The Balaban J connectivity index is 2.85. The Bertz CT molecular complexity index is 44.9. The van der Waals surface area contributed by atoms with Crippen LogP contribution in [0.4, 0.5) is 0 Å². The number of rotatable bonds is 1. The van der Waals surface area contributed by atoms with Gasteiger partial charge in [0.1, 0.15) is 0 Å². The van der Waals surface area contributed by atoms with Gasteiger partial charge in [-0.25, -0.2) is 0 Å². The molecule has 0 aliphatic rings. The summed E-state index contributed by atoms with van der Waals surface area (Å²) in [6.45, 7) is 0. The zero-order valence-electron chi connectivity index (χ0n) is 2.90. The van der Waals surface area contributed by atoms with Gasteiger partial charge in [0.05, 0.1) is 0 Å². The van der Waals surface area contributed by atoms with E-state index in [1.165, 1.54) is 0 Å². The summed E-state index contributed by atoms with van der Waals surface area (Å²) in [5.74, 6) is 0. The van der Waals surface area contributed by atoms with E-state index in [2.05, 4.69) is 20.9 Å². The fourth-order valence-electron chi connectivity index (χ4n) is 0. The minimum atomic E-state index is 0.318. The third-order valence-corrected chi connectivity index (χ3v) is 2.63. The molecule has 1 atom stereocenters. The maximum absolute atomic E-state index is 5.32. The van der Waals surface area contributed by atoms with Gasteiger partial charge in [0.2, 0.25) is 0 Å². The van der Waals surface area contributed by atoms with Gasteiger partial charge in [-0.2, -0.15) is 0 Å². The van der Waals surface area contributed by atoms with E-state index in [1.54, 1.807) is 0 Å². The van der Waals surface area contributed by atoms with Crippen molar-refractivity contribution in [2.24, 2.45) is 0 Å². The Morgan fingerprint density at radius 2 is 2.20 bits per heavy atom. The molecule has 32 valence electrons. The van der Waals surface area contributed by atoms with Crippen LogP contribution in [0.5, 0.6) is 0 Å². The monoisotopic (exact) mass is 148 g/mol. The Morgan fingerprint density at radius 3 is 2.20 bits per heavy atom. The fourth-order valence-corrected chi connectivity index (χ4v) is 0. The summed E-state index contributed by atoms with van der Waals surface area (Å²) in [5, 5.41) is 0.750. The van der Waals surface area contributed by atoms with Crippen LogP contribution in [0.3, 0.4) is 0 Å². The Hall–Kier alpha value is 1.17. The van der Waals surface area contributed by atoms with Crippen LogP contribution in [0, 0.1) is 0 Å². The van der Waals surface area contributed by atoms with Crippen molar-refractivity contribution in [3.8, 4) is 0 Å². The summed E-state index contributed by atoms with van der Waals surface area (Å²) >= 11 is 8.20. The maximum atomic E-state index is 5.32. The molecule has 0 saturated heterocycles. The first kappa shape index (κ1) is 6.17. The van der Waals surface area contributed by atoms with Crippen LogP contribution in [0.2, 0.25) is 0 Å². The molecule has 0 amide bonds. The minimum absolute atomic E-state index is 0.318. The van der Waals surface area contributed by atoms with Gasteiger partial charge in [-0.1, -0.05) is 0 Å². The SMILES string of the molecule is C[S](=[Cr])CCl. The Labute approximate surface area is 46.7 Å². The summed E-state index contributed by atoms with van der Waals surface area (Å²) < 4.78 is 0. The zero-order chi connectivity index (χ0) is 4.28. The molecule has 0 aromatic heterocycles. The van der Waals surface area contributed by atoms with Crippen molar-refractivity contribution in [1.82, 2.24) is 0 Å². The van der Waals surface area contributed by atoms with E-state index in [9.17, 15) is 0 Å².